The third-order valence-corrected chi connectivity index (χ3v) is 3.93. The quantitative estimate of drug-likeness (QED) is 0.811. The van der Waals surface area contributed by atoms with Gasteiger partial charge in [0.2, 0.25) is 11.8 Å². The van der Waals surface area contributed by atoms with Gasteiger partial charge < -0.3 is 10.6 Å². The highest BCUT2D eigenvalue weighted by atomic mass is 16.2. The predicted molar refractivity (Wildman–Crippen MR) is 101 cm³/mol. The molecular formula is C21H26N2O2. The molecule has 0 fully saturated rings. The standard InChI is InChI=1S/C21H26N2O2/c1-15-6-5-7-16(12-15)14-22-19(24)13-20(25)23-18-10-8-17(9-11-18)21(2,3)4/h5-12H,13-14H2,1-4H3,(H,22,24)(H,23,25). The van der Waals surface area contributed by atoms with Crippen LogP contribution in [0.3, 0.4) is 0 Å². The molecule has 0 aliphatic carbocycles. The third kappa shape index (κ3) is 6.07. The van der Waals surface area contributed by atoms with Crippen LogP contribution in [0.15, 0.2) is 48.5 Å². The molecule has 0 saturated carbocycles. The predicted octanol–water partition coefficient (Wildman–Crippen LogP) is 3.94. The highest BCUT2D eigenvalue weighted by molar-refractivity contribution is 6.03. The summed E-state index contributed by atoms with van der Waals surface area (Å²) in [6.45, 7) is 8.84. The molecule has 0 spiro atoms. The molecule has 0 heterocycles. The summed E-state index contributed by atoms with van der Waals surface area (Å²) in [5.74, 6) is -0.601. The number of carbonyl (C=O) groups is 2. The van der Waals surface area contributed by atoms with Gasteiger partial charge in [0, 0.05) is 12.2 Å². The Labute approximate surface area is 149 Å². The van der Waals surface area contributed by atoms with Gasteiger partial charge in [0.15, 0.2) is 0 Å². The van der Waals surface area contributed by atoms with Gasteiger partial charge >= 0.3 is 0 Å². The van der Waals surface area contributed by atoms with Crippen LogP contribution in [0, 0.1) is 6.92 Å². The molecule has 0 bridgehead atoms. The van der Waals surface area contributed by atoms with E-state index in [2.05, 4.69) is 31.4 Å². The molecule has 0 unspecified atom stereocenters. The number of benzene rings is 2. The molecule has 4 heteroatoms. The number of nitrogens with one attached hydrogen (secondary N) is 2. The van der Waals surface area contributed by atoms with Gasteiger partial charge in [-0.1, -0.05) is 62.7 Å². The van der Waals surface area contributed by atoms with Crippen molar-refractivity contribution in [1.82, 2.24) is 5.32 Å². The Balaban J connectivity index is 1.82. The maximum absolute atomic E-state index is 12.0. The Hall–Kier alpha value is -2.62. The molecule has 2 rings (SSSR count). The summed E-state index contributed by atoms with van der Waals surface area (Å²) < 4.78 is 0. The summed E-state index contributed by atoms with van der Waals surface area (Å²) in [4.78, 5) is 23.9. The third-order valence-electron chi connectivity index (χ3n) is 3.93. The van der Waals surface area contributed by atoms with Crippen LogP contribution in [0.5, 0.6) is 0 Å². The normalized spacial score (nSPS) is 11.0. The lowest BCUT2D eigenvalue weighted by molar-refractivity contribution is -0.126. The van der Waals surface area contributed by atoms with Crippen molar-refractivity contribution in [2.45, 2.75) is 46.1 Å². The maximum atomic E-state index is 12.0. The number of aryl methyl sites for hydroxylation is 1. The van der Waals surface area contributed by atoms with Gasteiger partial charge in [-0.3, -0.25) is 9.59 Å². The largest absolute Gasteiger partial charge is 0.352 e. The molecule has 0 saturated heterocycles. The summed E-state index contributed by atoms with van der Waals surface area (Å²) in [7, 11) is 0. The number of anilines is 1. The van der Waals surface area contributed by atoms with Crippen molar-refractivity contribution in [2.24, 2.45) is 0 Å². The molecule has 2 aromatic rings. The van der Waals surface area contributed by atoms with Gasteiger partial charge in [-0.15, -0.1) is 0 Å². The van der Waals surface area contributed by atoms with Crippen molar-refractivity contribution >= 4 is 17.5 Å². The topological polar surface area (TPSA) is 58.2 Å². The van der Waals surface area contributed by atoms with Crippen LogP contribution in [0.2, 0.25) is 0 Å². The van der Waals surface area contributed by atoms with E-state index in [0.717, 1.165) is 11.1 Å². The smallest absolute Gasteiger partial charge is 0.233 e. The van der Waals surface area contributed by atoms with Gasteiger partial charge in [-0.2, -0.15) is 0 Å². The minimum atomic E-state index is -0.315. The van der Waals surface area contributed by atoms with E-state index in [1.807, 2.05) is 55.5 Å². The van der Waals surface area contributed by atoms with Crippen molar-refractivity contribution in [3.63, 3.8) is 0 Å². The van der Waals surface area contributed by atoms with Gasteiger partial charge in [-0.05, 0) is 35.6 Å². The summed E-state index contributed by atoms with van der Waals surface area (Å²) in [6.07, 6.45) is -0.188. The zero-order chi connectivity index (χ0) is 18.4. The van der Waals surface area contributed by atoms with E-state index < -0.39 is 0 Å². The molecule has 0 radical (unpaired) electrons. The molecule has 0 atom stereocenters. The van der Waals surface area contributed by atoms with Crippen LogP contribution in [0.1, 0.15) is 43.9 Å². The molecule has 0 aliphatic rings. The fourth-order valence-electron chi connectivity index (χ4n) is 2.49. The van der Waals surface area contributed by atoms with Gasteiger partial charge in [0.1, 0.15) is 6.42 Å². The average molecular weight is 338 g/mol. The Bertz CT molecular complexity index is 743. The molecule has 25 heavy (non-hydrogen) atoms. The van der Waals surface area contributed by atoms with Gasteiger partial charge in [0.05, 0.1) is 0 Å². The average Bonchev–Trinajstić information content (AvgIpc) is 2.52. The Morgan fingerprint density at radius 3 is 2.24 bits per heavy atom. The number of carbonyl (C=O) groups excluding carboxylic acids is 2. The highest BCUT2D eigenvalue weighted by Gasteiger charge is 2.14. The second-order valence-corrected chi connectivity index (χ2v) is 7.32. The first-order chi connectivity index (χ1) is 11.7. The SMILES string of the molecule is Cc1cccc(CNC(=O)CC(=O)Nc2ccc(C(C)(C)C)cc2)c1. The number of amides is 2. The van der Waals surface area contributed by atoms with E-state index in [0.29, 0.717) is 12.2 Å². The monoisotopic (exact) mass is 338 g/mol. The molecule has 0 aliphatic heterocycles. The molecule has 0 aromatic heterocycles. The van der Waals surface area contributed by atoms with Crippen LogP contribution < -0.4 is 10.6 Å². The number of hydrogen-bond donors (Lipinski definition) is 2. The van der Waals surface area contributed by atoms with E-state index in [1.165, 1.54) is 5.56 Å². The van der Waals surface area contributed by atoms with E-state index >= 15 is 0 Å². The van der Waals surface area contributed by atoms with Crippen LogP contribution in [0.4, 0.5) is 5.69 Å². The zero-order valence-electron chi connectivity index (χ0n) is 15.3. The molecule has 2 amide bonds. The Kier molecular flexibility index (Phi) is 5.97. The first-order valence-electron chi connectivity index (χ1n) is 8.47. The molecule has 2 N–H and O–H groups in total. The maximum Gasteiger partial charge on any atom is 0.233 e. The van der Waals surface area contributed by atoms with Crippen molar-refractivity contribution in [3.8, 4) is 0 Å². The van der Waals surface area contributed by atoms with E-state index in [1.54, 1.807) is 0 Å². The molecule has 2 aromatic carbocycles. The summed E-state index contributed by atoms with van der Waals surface area (Å²) >= 11 is 0. The minimum absolute atomic E-state index is 0.0677. The second-order valence-electron chi connectivity index (χ2n) is 7.32. The van der Waals surface area contributed by atoms with Crippen LogP contribution >= 0.6 is 0 Å². The summed E-state index contributed by atoms with van der Waals surface area (Å²) in [5.41, 5.74) is 4.12. The zero-order valence-corrected chi connectivity index (χ0v) is 15.3. The first kappa shape index (κ1) is 18.7. The number of rotatable bonds is 5. The van der Waals surface area contributed by atoms with Crippen LogP contribution in [-0.2, 0) is 21.5 Å². The molecular weight excluding hydrogens is 312 g/mol. The highest BCUT2D eigenvalue weighted by Crippen LogP contribution is 2.23. The lowest BCUT2D eigenvalue weighted by Gasteiger charge is -2.19. The van der Waals surface area contributed by atoms with Gasteiger partial charge in [0.25, 0.3) is 0 Å². The van der Waals surface area contributed by atoms with E-state index in [4.69, 9.17) is 0 Å². The van der Waals surface area contributed by atoms with Crippen molar-refractivity contribution in [3.05, 3.63) is 65.2 Å². The molecule has 4 nitrogen and oxygen atoms in total. The van der Waals surface area contributed by atoms with Crippen LogP contribution in [-0.4, -0.2) is 11.8 Å². The fraction of sp³-hybridized carbons (Fsp3) is 0.333. The summed E-state index contributed by atoms with van der Waals surface area (Å²) in [6, 6.07) is 15.6. The minimum Gasteiger partial charge on any atom is -0.352 e. The first-order valence-corrected chi connectivity index (χ1v) is 8.47. The van der Waals surface area contributed by atoms with Crippen molar-refractivity contribution in [2.75, 3.05) is 5.32 Å². The Morgan fingerprint density at radius 2 is 1.64 bits per heavy atom. The van der Waals surface area contributed by atoms with E-state index in [9.17, 15) is 9.59 Å². The summed E-state index contributed by atoms with van der Waals surface area (Å²) in [5, 5.41) is 5.53. The van der Waals surface area contributed by atoms with Crippen LogP contribution in [0.25, 0.3) is 0 Å². The lowest BCUT2D eigenvalue weighted by Crippen LogP contribution is -2.27. The van der Waals surface area contributed by atoms with Crippen molar-refractivity contribution in [1.29, 1.82) is 0 Å². The molecule has 132 valence electrons. The Morgan fingerprint density at radius 1 is 0.960 bits per heavy atom. The fourth-order valence-corrected chi connectivity index (χ4v) is 2.49. The van der Waals surface area contributed by atoms with E-state index in [-0.39, 0.29) is 23.7 Å². The second kappa shape index (κ2) is 7.97. The van der Waals surface area contributed by atoms with Crippen molar-refractivity contribution < 1.29 is 9.59 Å². The van der Waals surface area contributed by atoms with Gasteiger partial charge in [-0.25, -0.2) is 0 Å². The number of hydrogen-bond acceptors (Lipinski definition) is 2. The lowest BCUT2D eigenvalue weighted by atomic mass is 9.87.